The summed E-state index contributed by atoms with van der Waals surface area (Å²) in [5, 5.41) is 0. The fourth-order valence-electron chi connectivity index (χ4n) is 1.55. The first-order valence-electron chi connectivity index (χ1n) is 4.73. The molecule has 2 heterocycles. The maximum absolute atomic E-state index is 11.6. The summed E-state index contributed by atoms with van der Waals surface area (Å²) >= 11 is 3.29. The topological polar surface area (TPSA) is 53.5 Å². The molecule has 0 atom stereocenters. The number of halogens is 1. The van der Waals surface area contributed by atoms with Crippen LogP contribution in [-0.4, -0.2) is 40.3 Å². The van der Waals surface area contributed by atoms with Crippen molar-refractivity contribution in [2.24, 2.45) is 0 Å². The Bertz CT molecular complexity index is 449. The van der Waals surface area contributed by atoms with Gasteiger partial charge in [0.05, 0.1) is 6.54 Å². The molecule has 0 radical (unpaired) electrons. The molecule has 3 amide bonds. The molecule has 0 N–H and O–H groups in total. The van der Waals surface area contributed by atoms with Gasteiger partial charge in [0.15, 0.2) is 0 Å². The van der Waals surface area contributed by atoms with Crippen LogP contribution in [0.5, 0.6) is 0 Å². The zero-order chi connectivity index (χ0) is 11.7. The molecular formula is C10H10BrN3O2. The number of rotatable bonds is 2. The minimum absolute atomic E-state index is 0.153. The number of aromatic nitrogens is 1. The first-order valence-corrected chi connectivity index (χ1v) is 5.52. The highest BCUT2D eigenvalue weighted by atomic mass is 79.9. The Morgan fingerprint density at radius 1 is 1.44 bits per heavy atom. The minimum Gasteiger partial charge on any atom is -0.318 e. The van der Waals surface area contributed by atoms with Gasteiger partial charge in [0.1, 0.15) is 6.54 Å². The van der Waals surface area contributed by atoms with E-state index in [1.54, 1.807) is 19.4 Å². The van der Waals surface area contributed by atoms with Gasteiger partial charge >= 0.3 is 6.03 Å². The molecule has 6 heteroatoms. The zero-order valence-corrected chi connectivity index (χ0v) is 10.3. The van der Waals surface area contributed by atoms with E-state index in [4.69, 9.17) is 0 Å². The van der Waals surface area contributed by atoms with E-state index in [1.807, 2.05) is 6.07 Å². The molecule has 1 aromatic rings. The standard InChI is InChI=1S/C10H10BrN3O2/c1-13-6-9(15)14(10(13)16)5-7-2-8(11)4-12-3-7/h2-4H,5-6H2,1H3. The first-order chi connectivity index (χ1) is 7.58. The number of amides is 3. The van der Waals surface area contributed by atoms with E-state index in [-0.39, 0.29) is 25.0 Å². The van der Waals surface area contributed by atoms with Crippen molar-refractivity contribution in [1.82, 2.24) is 14.8 Å². The van der Waals surface area contributed by atoms with Gasteiger partial charge in [-0.15, -0.1) is 0 Å². The van der Waals surface area contributed by atoms with E-state index in [0.29, 0.717) is 0 Å². The van der Waals surface area contributed by atoms with Gasteiger partial charge in [-0.05, 0) is 27.6 Å². The summed E-state index contributed by atoms with van der Waals surface area (Å²) in [5.74, 6) is -0.174. The van der Waals surface area contributed by atoms with Crippen LogP contribution in [0.3, 0.4) is 0 Å². The van der Waals surface area contributed by atoms with E-state index < -0.39 is 0 Å². The normalized spacial score (nSPS) is 16.1. The summed E-state index contributed by atoms with van der Waals surface area (Å²) in [7, 11) is 1.61. The third kappa shape index (κ3) is 2.06. The van der Waals surface area contributed by atoms with Crippen LogP contribution >= 0.6 is 15.9 Å². The highest BCUT2D eigenvalue weighted by Gasteiger charge is 2.33. The average molecular weight is 284 g/mol. The predicted molar refractivity (Wildman–Crippen MR) is 60.5 cm³/mol. The Morgan fingerprint density at radius 3 is 2.75 bits per heavy atom. The molecule has 0 saturated carbocycles. The quantitative estimate of drug-likeness (QED) is 0.768. The molecule has 16 heavy (non-hydrogen) atoms. The van der Waals surface area contributed by atoms with Crippen LogP contribution in [0.4, 0.5) is 4.79 Å². The highest BCUT2D eigenvalue weighted by Crippen LogP contribution is 2.15. The largest absolute Gasteiger partial charge is 0.327 e. The molecule has 0 aromatic carbocycles. The Hall–Kier alpha value is -1.43. The molecule has 5 nitrogen and oxygen atoms in total. The van der Waals surface area contributed by atoms with Crippen LogP contribution in [0.1, 0.15) is 5.56 Å². The molecule has 0 bridgehead atoms. The highest BCUT2D eigenvalue weighted by molar-refractivity contribution is 9.10. The fourth-order valence-corrected chi connectivity index (χ4v) is 1.96. The fraction of sp³-hybridized carbons (Fsp3) is 0.300. The summed E-state index contributed by atoms with van der Waals surface area (Å²) in [6.45, 7) is 0.425. The Kier molecular flexibility index (Phi) is 2.91. The van der Waals surface area contributed by atoms with Crippen molar-refractivity contribution < 1.29 is 9.59 Å². The molecule has 84 valence electrons. The monoisotopic (exact) mass is 283 g/mol. The SMILES string of the molecule is CN1CC(=O)N(Cc2cncc(Br)c2)C1=O. The van der Waals surface area contributed by atoms with Gasteiger partial charge in [-0.25, -0.2) is 4.79 Å². The van der Waals surface area contributed by atoms with Gasteiger partial charge in [-0.1, -0.05) is 0 Å². The third-order valence-electron chi connectivity index (χ3n) is 2.33. The Balaban J connectivity index is 2.16. The number of urea groups is 1. The second-order valence-electron chi connectivity index (χ2n) is 3.63. The van der Waals surface area contributed by atoms with Crippen LogP contribution in [0.2, 0.25) is 0 Å². The van der Waals surface area contributed by atoms with E-state index in [2.05, 4.69) is 20.9 Å². The second kappa shape index (κ2) is 4.21. The number of nitrogens with zero attached hydrogens (tertiary/aromatic N) is 3. The first kappa shape index (κ1) is 11.1. The maximum Gasteiger partial charge on any atom is 0.327 e. The second-order valence-corrected chi connectivity index (χ2v) is 4.55. The smallest absolute Gasteiger partial charge is 0.318 e. The van der Waals surface area contributed by atoms with E-state index in [1.165, 1.54) is 9.80 Å². The van der Waals surface area contributed by atoms with Crippen molar-refractivity contribution in [3.63, 3.8) is 0 Å². The number of hydrogen-bond acceptors (Lipinski definition) is 3. The van der Waals surface area contributed by atoms with Crippen molar-refractivity contribution in [2.45, 2.75) is 6.54 Å². The summed E-state index contributed by atoms with van der Waals surface area (Å²) < 4.78 is 0.831. The Morgan fingerprint density at radius 2 is 2.19 bits per heavy atom. The number of pyridine rings is 1. The molecule has 1 aliphatic heterocycles. The van der Waals surface area contributed by atoms with Gasteiger partial charge in [-0.2, -0.15) is 0 Å². The molecule has 2 rings (SSSR count). The van der Waals surface area contributed by atoms with Crippen molar-refractivity contribution in [1.29, 1.82) is 0 Å². The summed E-state index contributed by atoms with van der Waals surface area (Å²) in [6, 6.07) is 1.58. The van der Waals surface area contributed by atoms with Crippen LogP contribution in [0.25, 0.3) is 0 Å². The lowest BCUT2D eigenvalue weighted by Crippen LogP contribution is -2.31. The lowest BCUT2D eigenvalue weighted by Gasteiger charge is -2.13. The number of carbonyl (C=O) groups excluding carboxylic acids is 2. The maximum atomic E-state index is 11.6. The molecule has 0 aliphatic carbocycles. The van der Waals surface area contributed by atoms with Crippen LogP contribution in [0.15, 0.2) is 22.9 Å². The van der Waals surface area contributed by atoms with Gasteiger partial charge in [0.2, 0.25) is 0 Å². The van der Waals surface area contributed by atoms with Crippen molar-refractivity contribution in [3.05, 3.63) is 28.5 Å². The predicted octanol–water partition coefficient (Wildman–Crippen LogP) is 1.24. The number of hydrogen-bond donors (Lipinski definition) is 0. The molecule has 1 aliphatic rings. The number of imide groups is 1. The van der Waals surface area contributed by atoms with E-state index >= 15 is 0 Å². The van der Waals surface area contributed by atoms with Crippen molar-refractivity contribution in [2.75, 3.05) is 13.6 Å². The van der Waals surface area contributed by atoms with Gasteiger partial charge in [-0.3, -0.25) is 14.7 Å². The molecule has 1 aromatic heterocycles. The van der Waals surface area contributed by atoms with Crippen molar-refractivity contribution >= 4 is 27.9 Å². The number of carbonyl (C=O) groups is 2. The lowest BCUT2D eigenvalue weighted by molar-refractivity contribution is -0.125. The third-order valence-corrected chi connectivity index (χ3v) is 2.77. The molecule has 1 fully saturated rings. The molecular weight excluding hydrogens is 274 g/mol. The van der Waals surface area contributed by atoms with Crippen molar-refractivity contribution in [3.8, 4) is 0 Å². The van der Waals surface area contributed by atoms with Crippen LogP contribution in [0, 0.1) is 0 Å². The van der Waals surface area contributed by atoms with Crippen LogP contribution < -0.4 is 0 Å². The summed E-state index contributed by atoms with van der Waals surface area (Å²) in [5.41, 5.74) is 0.825. The van der Waals surface area contributed by atoms with Crippen LogP contribution in [-0.2, 0) is 11.3 Å². The zero-order valence-electron chi connectivity index (χ0n) is 8.68. The molecule has 0 spiro atoms. The van der Waals surface area contributed by atoms with Gasteiger partial charge < -0.3 is 4.90 Å². The van der Waals surface area contributed by atoms with Gasteiger partial charge in [0.25, 0.3) is 5.91 Å². The van der Waals surface area contributed by atoms with E-state index in [9.17, 15) is 9.59 Å². The average Bonchev–Trinajstić information content (AvgIpc) is 2.45. The minimum atomic E-state index is -0.259. The summed E-state index contributed by atoms with van der Waals surface area (Å²) in [4.78, 5) is 29.7. The molecule has 0 unspecified atom stereocenters. The summed E-state index contributed by atoms with van der Waals surface area (Å²) in [6.07, 6.45) is 3.30. The van der Waals surface area contributed by atoms with E-state index in [0.717, 1.165) is 10.0 Å². The number of likely N-dealkylation sites (N-methyl/N-ethyl adjacent to an activating group) is 1. The van der Waals surface area contributed by atoms with Gasteiger partial charge in [0, 0.05) is 23.9 Å². The molecule has 1 saturated heterocycles. The lowest BCUT2D eigenvalue weighted by atomic mass is 10.3. The Labute approximate surface area is 101 Å².